The number of hydrogen-bond acceptors (Lipinski definition) is 1. The molecule has 1 aromatic carbocycles. The number of hydrogen-bond donors (Lipinski definition) is 1. The monoisotopic (exact) mass is 248 g/mol. The molecule has 0 fully saturated rings. The van der Waals surface area contributed by atoms with Crippen molar-refractivity contribution in [3.63, 3.8) is 0 Å². The lowest BCUT2D eigenvalue weighted by molar-refractivity contribution is 0.564. The van der Waals surface area contributed by atoms with Crippen LogP contribution in [0.1, 0.15) is 5.56 Å². The predicted molar refractivity (Wildman–Crippen MR) is 53.0 cm³/mol. The molecule has 0 spiro atoms. The van der Waals surface area contributed by atoms with E-state index in [2.05, 4.69) is 15.9 Å². The molecule has 4 heteroatoms. The topological polar surface area (TPSA) is 37.3 Å². The number of rotatable bonds is 3. The Hall–Kier alpha value is -0.190. The number of alkyl halides is 1. The molecule has 1 N–H and O–H groups in total. The van der Waals surface area contributed by atoms with Crippen LogP contribution in [0.5, 0.6) is 0 Å². The lowest BCUT2D eigenvalue weighted by Crippen LogP contribution is -1.90. The van der Waals surface area contributed by atoms with Gasteiger partial charge < -0.3 is 4.55 Å². The van der Waals surface area contributed by atoms with Gasteiger partial charge in [-0.25, -0.2) is 4.21 Å². The van der Waals surface area contributed by atoms with Crippen LogP contribution in [-0.2, 0) is 17.5 Å². The van der Waals surface area contributed by atoms with Crippen molar-refractivity contribution in [3.8, 4) is 0 Å². The van der Waals surface area contributed by atoms with Crippen molar-refractivity contribution in [2.45, 2.75) is 11.3 Å². The molecule has 0 radical (unpaired) electrons. The van der Waals surface area contributed by atoms with E-state index in [1.807, 2.05) is 12.1 Å². The van der Waals surface area contributed by atoms with Gasteiger partial charge in [-0.15, -0.1) is 0 Å². The van der Waals surface area contributed by atoms with Crippen LogP contribution in [0.15, 0.2) is 29.2 Å². The molecule has 1 aromatic rings. The van der Waals surface area contributed by atoms with Gasteiger partial charge in [-0.2, -0.15) is 0 Å². The molecule has 1 atom stereocenters. The predicted octanol–water partition coefficient (Wildman–Crippen LogP) is 2.20. The first kappa shape index (κ1) is 9.89. The minimum atomic E-state index is -1.85. The molecule has 0 aliphatic carbocycles. The Morgan fingerprint density at radius 3 is 2.33 bits per heavy atom. The van der Waals surface area contributed by atoms with Gasteiger partial charge in [-0.3, -0.25) is 0 Å². The van der Waals surface area contributed by atoms with E-state index < -0.39 is 11.1 Å². The normalized spacial score (nSPS) is 12.8. The van der Waals surface area contributed by atoms with E-state index in [4.69, 9.17) is 4.55 Å². The summed E-state index contributed by atoms with van der Waals surface area (Å²) in [6, 6.07) is 7.08. The van der Waals surface area contributed by atoms with E-state index in [1.54, 1.807) is 12.1 Å². The van der Waals surface area contributed by atoms with Gasteiger partial charge in [0, 0.05) is 5.33 Å². The van der Waals surface area contributed by atoms with Crippen molar-refractivity contribution in [1.29, 1.82) is 0 Å². The number of benzene rings is 1. The van der Waals surface area contributed by atoms with Crippen LogP contribution in [-0.4, -0.2) is 14.1 Å². The molecule has 0 saturated heterocycles. The Morgan fingerprint density at radius 2 is 1.92 bits per heavy atom. The van der Waals surface area contributed by atoms with Gasteiger partial charge in [0.25, 0.3) is 0 Å². The highest BCUT2D eigenvalue weighted by Crippen LogP contribution is 2.08. The van der Waals surface area contributed by atoms with Crippen molar-refractivity contribution >= 4 is 27.0 Å². The third-order valence-electron chi connectivity index (χ3n) is 1.51. The van der Waals surface area contributed by atoms with E-state index in [-0.39, 0.29) is 0 Å². The van der Waals surface area contributed by atoms with E-state index >= 15 is 0 Å². The molecular weight excluding hydrogens is 240 g/mol. The van der Waals surface area contributed by atoms with Crippen molar-refractivity contribution in [3.05, 3.63) is 29.8 Å². The van der Waals surface area contributed by atoms with Gasteiger partial charge in [0.15, 0.2) is 11.1 Å². The summed E-state index contributed by atoms with van der Waals surface area (Å²) in [5, 5.41) is 0.911. The minimum absolute atomic E-state index is 0.452. The molecule has 1 rings (SSSR count). The zero-order chi connectivity index (χ0) is 8.97. The van der Waals surface area contributed by atoms with Gasteiger partial charge in [-0.05, 0) is 24.1 Å². The van der Waals surface area contributed by atoms with Crippen LogP contribution in [0.2, 0.25) is 0 Å². The summed E-state index contributed by atoms with van der Waals surface area (Å²) in [5.74, 6) is 0. The average molecular weight is 249 g/mol. The van der Waals surface area contributed by atoms with E-state index in [0.717, 1.165) is 11.8 Å². The van der Waals surface area contributed by atoms with Crippen molar-refractivity contribution in [1.82, 2.24) is 0 Å². The summed E-state index contributed by atoms with van der Waals surface area (Å²) < 4.78 is 19.3. The van der Waals surface area contributed by atoms with Crippen LogP contribution >= 0.6 is 15.9 Å². The SMILES string of the molecule is O=S(O)c1ccc(CCBr)cc1. The first-order valence-electron chi connectivity index (χ1n) is 3.50. The first-order valence-corrected chi connectivity index (χ1v) is 5.72. The smallest absolute Gasteiger partial charge is 0.186 e. The molecule has 1 unspecified atom stereocenters. The zero-order valence-corrected chi connectivity index (χ0v) is 8.77. The Labute approximate surface area is 82.4 Å². The van der Waals surface area contributed by atoms with Crippen LogP contribution in [0, 0.1) is 0 Å². The number of halogens is 1. The maximum Gasteiger partial charge on any atom is 0.186 e. The third-order valence-corrected chi connectivity index (χ3v) is 2.58. The molecule has 0 amide bonds. The van der Waals surface area contributed by atoms with E-state index in [0.29, 0.717) is 4.90 Å². The molecule has 0 aliphatic heterocycles. The molecule has 66 valence electrons. The molecule has 0 aliphatic rings. The molecule has 2 nitrogen and oxygen atoms in total. The second-order valence-corrected chi connectivity index (χ2v) is 4.09. The molecule has 0 saturated carbocycles. The zero-order valence-electron chi connectivity index (χ0n) is 6.37. The highest BCUT2D eigenvalue weighted by molar-refractivity contribution is 9.09. The highest BCUT2D eigenvalue weighted by atomic mass is 79.9. The van der Waals surface area contributed by atoms with Gasteiger partial charge in [0.2, 0.25) is 0 Å². The second-order valence-electron chi connectivity index (χ2n) is 2.33. The van der Waals surface area contributed by atoms with Crippen LogP contribution < -0.4 is 0 Å². The van der Waals surface area contributed by atoms with E-state index in [9.17, 15) is 4.21 Å². The lowest BCUT2D eigenvalue weighted by Gasteiger charge is -1.98. The van der Waals surface area contributed by atoms with E-state index in [1.165, 1.54) is 5.56 Å². The fourth-order valence-electron chi connectivity index (χ4n) is 0.882. The van der Waals surface area contributed by atoms with Gasteiger partial charge in [0.05, 0.1) is 4.90 Å². The second kappa shape index (κ2) is 4.74. The Bertz CT molecular complexity index is 271. The molecule has 0 aromatic heterocycles. The minimum Gasteiger partial charge on any atom is -0.302 e. The summed E-state index contributed by atoms with van der Waals surface area (Å²) in [4.78, 5) is 0.452. The highest BCUT2D eigenvalue weighted by Gasteiger charge is 1.98. The van der Waals surface area contributed by atoms with Crippen molar-refractivity contribution in [2.75, 3.05) is 5.33 Å². The molecular formula is C8H9BrO2S. The van der Waals surface area contributed by atoms with Crippen LogP contribution in [0.3, 0.4) is 0 Å². The van der Waals surface area contributed by atoms with Gasteiger partial charge >= 0.3 is 0 Å². The van der Waals surface area contributed by atoms with Crippen LogP contribution in [0.25, 0.3) is 0 Å². The quantitative estimate of drug-likeness (QED) is 0.658. The maximum atomic E-state index is 10.6. The van der Waals surface area contributed by atoms with Crippen LogP contribution in [0.4, 0.5) is 0 Å². The summed E-state index contributed by atoms with van der Waals surface area (Å²) in [5.41, 5.74) is 1.17. The third kappa shape index (κ3) is 2.69. The summed E-state index contributed by atoms with van der Waals surface area (Å²) >= 11 is 1.47. The summed E-state index contributed by atoms with van der Waals surface area (Å²) in [6.45, 7) is 0. The summed E-state index contributed by atoms with van der Waals surface area (Å²) in [6.07, 6.45) is 0.943. The van der Waals surface area contributed by atoms with Crippen molar-refractivity contribution < 1.29 is 8.76 Å². The fourth-order valence-corrected chi connectivity index (χ4v) is 1.71. The Balaban J connectivity index is 2.78. The average Bonchev–Trinajstić information content (AvgIpc) is 2.06. The standard InChI is InChI=1S/C8H9BrO2S/c9-6-5-7-1-3-8(4-2-7)12(10)11/h1-4H,5-6H2,(H,10,11). The Morgan fingerprint density at radius 1 is 1.33 bits per heavy atom. The number of aryl methyl sites for hydroxylation is 1. The van der Waals surface area contributed by atoms with Crippen molar-refractivity contribution in [2.24, 2.45) is 0 Å². The summed E-state index contributed by atoms with van der Waals surface area (Å²) in [7, 11) is 0. The molecule has 12 heavy (non-hydrogen) atoms. The fraction of sp³-hybridized carbons (Fsp3) is 0.250. The van der Waals surface area contributed by atoms with Gasteiger partial charge in [-0.1, -0.05) is 28.1 Å². The lowest BCUT2D eigenvalue weighted by atomic mass is 10.2. The first-order chi connectivity index (χ1) is 5.74. The Kier molecular flexibility index (Phi) is 3.91. The van der Waals surface area contributed by atoms with Gasteiger partial charge in [0.1, 0.15) is 0 Å². The largest absolute Gasteiger partial charge is 0.302 e. The molecule has 0 bridgehead atoms. The maximum absolute atomic E-state index is 10.6. The molecule has 0 heterocycles.